The molecule has 3 aromatic rings. The Bertz CT molecular complexity index is 1020. The molecular weight excluding hydrogens is 400 g/mol. The molecule has 0 saturated carbocycles. The third-order valence-corrected chi connectivity index (χ3v) is 4.72. The van der Waals surface area contributed by atoms with Crippen molar-refractivity contribution in [2.45, 2.75) is 13.3 Å². The number of hydrogen-bond acceptors (Lipinski definition) is 3. The van der Waals surface area contributed by atoms with E-state index in [0.717, 1.165) is 17.5 Å². The van der Waals surface area contributed by atoms with Gasteiger partial charge in [-0.3, -0.25) is 9.59 Å². The van der Waals surface area contributed by atoms with E-state index in [-0.39, 0.29) is 18.4 Å². The van der Waals surface area contributed by atoms with Crippen molar-refractivity contribution in [3.8, 4) is 5.75 Å². The molecule has 2 N–H and O–H groups in total. The van der Waals surface area contributed by atoms with E-state index >= 15 is 0 Å². The summed E-state index contributed by atoms with van der Waals surface area (Å²) in [5.41, 5.74) is 2.83. The maximum Gasteiger partial charge on any atom is 0.262 e. The Balaban J connectivity index is 1.56. The standard InChI is InChI=1S/C24H23ClN2O3/c1-17-15-19(25)11-12-22(17)30-16-23(28)27-21-10-6-5-9-20(21)24(29)26-14-13-18-7-3-2-4-8-18/h2-12,15H,13-14,16H2,1H3,(H,26,29)(H,27,28). The summed E-state index contributed by atoms with van der Waals surface area (Å²) in [6.07, 6.45) is 0.732. The number of aryl methyl sites for hydroxylation is 1. The lowest BCUT2D eigenvalue weighted by atomic mass is 10.1. The average molecular weight is 423 g/mol. The first-order chi connectivity index (χ1) is 14.5. The minimum Gasteiger partial charge on any atom is -0.483 e. The van der Waals surface area contributed by atoms with Gasteiger partial charge >= 0.3 is 0 Å². The largest absolute Gasteiger partial charge is 0.483 e. The number of ether oxygens (including phenoxy) is 1. The van der Waals surface area contributed by atoms with E-state index in [1.54, 1.807) is 42.5 Å². The molecule has 0 aromatic heterocycles. The van der Waals surface area contributed by atoms with E-state index < -0.39 is 0 Å². The molecule has 0 bridgehead atoms. The molecule has 0 aliphatic rings. The molecule has 0 heterocycles. The van der Waals surface area contributed by atoms with Crippen molar-refractivity contribution in [2.75, 3.05) is 18.5 Å². The third-order valence-electron chi connectivity index (χ3n) is 4.48. The van der Waals surface area contributed by atoms with E-state index in [4.69, 9.17) is 16.3 Å². The minimum absolute atomic E-state index is 0.174. The molecular formula is C24H23ClN2O3. The molecule has 0 spiro atoms. The summed E-state index contributed by atoms with van der Waals surface area (Å²) in [5.74, 6) is -0.00771. The van der Waals surface area contributed by atoms with E-state index in [1.807, 2.05) is 37.3 Å². The van der Waals surface area contributed by atoms with Gasteiger partial charge in [0.25, 0.3) is 11.8 Å². The zero-order valence-corrected chi connectivity index (χ0v) is 17.4. The van der Waals surface area contributed by atoms with E-state index in [2.05, 4.69) is 10.6 Å². The third kappa shape index (κ3) is 6.09. The normalized spacial score (nSPS) is 10.3. The first-order valence-corrected chi connectivity index (χ1v) is 10.0. The summed E-state index contributed by atoms with van der Waals surface area (Å²) >= 11 is 5.93. The molecule has 5 nitrogen and oxygen atoms in total. The Morgan fingerprint density at radius 1 is 0.967 bits per heavy atom. The quantitative estimate of drug-likeness (QED) is 0.555. The Labute approximate surface area is 181 Å². The van der Waals surface area contributed by atoms with Gasteiger partial charge in [0.05, 0.1) is 11.3 Å². The van der Waals surface area contributed by atoms with Gasteiger partial charge in [-0.15, -0.1) is 0 Å². The Hall–Kier alpha value is -3.31. The van der Waals surface area contributed by atoms with Crippen LogP contribution >= 0.6 is 11.6 Å². The predicted molar refractivity (Wildman–Crippen MR) is 119 cm³/mol. The van der Waals surface area contributed by atoms with Crippen molar-refractivity contribution in [3.63, 3.8) is 0 Å². The highest BCUT2D eigenvalue weighted by Gasteiger charge is 2.13. The van der Waals surface area contributed by atoms with Gasteiger partial charge in [0.1, 0.15) is 5.75 Å². The lowest BCUT2D eigenvalue weighted by Crippen LogP contribution is -2.28. The first kappa shape index (κ1) is 21.4. The Morgan fingerprint density at radius 2 is 1.70 bits per heavy atom. The highest BCUT2D eigenvalue weighted by atomic mass is 35.5. The number of amides is 2. The maximum absolute atomic E-state index is 12.6. The van der Waals surface area contributed by atoms with Crippen molar-refractivity contribution in [1.29, 1.82) is 0 Å². The van der Waals surface area contributed by atoms with Crippen LogP contribution in [-0.4, -0.2) is 25.0 Å². The lowest BCUT2D eigenvalue weighted by Gasteiger charge is -2.13. The molecule has 0 unspecified atom stereocenters. The van der Waals surface area contributed by atoms with Gasteiger partial charge in [0.2, 0.25) is 0 Å². The summed E-state index contributed by atoms with van der Waals surface area (Å²) in [6.45, 7) is 2.19. The van der Waals surface area contributed by atoms with Crippen molar-refractivity contribution in [3.05, 3.63) is 94.5 Å². The smallest absolute Gasteiger partial charge is 0.262 e. The Morgan fingerprint density at radius 3 is 2.47 bits per heavy atom. The van der Waals surface area contributed by atoms with Crippen LogP contribution in [0.25, 0.3) is 0 Å². The zero-order chi connectivity index (χ0) is 21.3. The molecule has 0 saturated heterocycles. The predicted octanol–water partition coefficient (Wildman–Crippen LogP) is 4.64. The van der Waals surface area contributed by atoms with Crippen molar-refractivity contribution >= 4 is 29.1 Å². The van der Waals surface area contributed by atoms with Gasteiger partial charge < -0.3 is 15.4 Å². The van der Waals surface area contributed by atoms with Crippen LogP contribution in [0.1, 0.15) is 21.5 Å². The molecule has 6 heteroatoms. The summed E-state index contributed by atoms with van der Waals surface area (Å²) in [6, 6.07) is 22.0. The fourth-order valence-electron chi connectivity index (χ4n) is 2.95. The number of carbonyl (C=O) groups excluding carboxylic acids is 2. The topological polar surface area (TPSA) is 67.4 Å². The van der Waals surface area contributed by atoms with Crippen LogP contribution in [-0.2, 0) is 11.2 Å². The van der Waals surface area contributed by atoms with Crippen molar-refractivity contribution < 1.29 is 14.3 Å². The number of halogens is 1. The molecule has 30 heavy (non-hydrogen) atoms. The number of rotatable bonds is 8. The molecule has 3 rings (SSSR count). The van der Waals surface area contributed by atoms with Crippen molar-refractivity contribution in [2.24, 2.45) is 0 Å². The molecule has 3 aromatic carbocycles. The lowest BCUT2D eigenvalue weighted by molar-refractivity contribution is -0.118. The van der Waals surface area contributed by atoms with E-state index in [0.29, 0.717) is 28.6 Å². The maximum atomic E-state index is 12.6. The molecule has 0 atom stereocenters. The number of benzene rings is 3. The minimum atomic E-state index is -0.353. The summed E-state index contributed by atoms with van der Waals surface area (Å²) in [4.78, 5) is 24.9. The number of hydrogen-bond donors (Lipinski definition) is 2. The second kappa shape index (κ2) is 10.5. The van der Waals surface area contributed by atoms with Crippen LogP contribution in [0.2, 0.25) is 5.02 Å². The summed E-state index contributed by atoms with van der Waals surface area (Å²) in [5, 5.41) is 6.26. The number of nitrogens with one attached hydrogen (secondary N) is 2. The molecule has 154 valence electrons. The van der Waals surface area contributed by atoms with Gasteiger partial charge in [0, 0.05) is 11.6 Å². The second-order valence-electron chi connectivity index (χ2n) is 6.78. The van der Waals surface area contributed by atoms with Crippen LogP contribution in [0.15, 0.2) is 72.8 Å². The fraction of sp³-hybridized carbons (Fsp3) is 0.167. The molecule has 0 aliphatic heterocycles. The van der Waals surface area contributed by atoms with Gasteiger partial charge in [-0.1, -0.05) is 54.1 Å². The van der Waals surface area contributed by atoms with Crippen LogP contribution in [0.4, 0.5) is 5.69 Å². The van der Waals surface area contributed by atoms with E-state index in [1.165, 1.54) is 0 Å². The average Bonchev–Trinajstić information content (AvgIpc) is 2.74. The van der Waals surface area contributed by atoms with Crippen molar-refractivity contribution in [1.82, 2.24) is 5.32 Å². The van der Waals surface area contributed by atoms with E-state index in [9.17, 15) is 9.59 Å². The molecule has 0 radical (unpaired) electrons. The van der Waals surface area contributed by atoms with Crippen LogP contribution < -0.4 is 15.4 Å². The molecule has 0 aliphatic carbocycles. The first-order valence-electron chi connectivity index (χ1n) is 9.63. The summed E-state index contributed by atoms with van der Waals surface area (Å²) < 4.78 is 5.57. The van der Waals surface area contributed by atoms with Gasteiger partial charge in [-0.2, -0.15) is 0 Å². The van der Waals surface area contributed by atoms with Crippen LogP contribution in [0, 0.1) is 6.92 Å². The molecule has 0 fully saturated rings. The van der Waals surface area contributed by atoms with Gasteiger partial charge in [-0.05, 0) is 54.8 Å². The SMILES string of the molecule is Cc1cc(Cl)ccc1OCC(=O)Nc1ccccc1C(=O)NCCc1ccccc1. The summed E-state index contributed by atoms with van der Waals surface area (Å²) in [7, 11) is 0. The number of para-hydroxylation sites is 1. The fourth-order valence-corrected chi connectivity index (χ4v) is 3.18. The molecule has 2 amide bonds. The number of anilines is 1. The monoisotopic (exact) mass is 422 g/mol. The highest BCUT2D eigenvalue weighted by Crippen LogP contribution is 2.22. The zero-order valence-electron chi connectivity index (χ0n) is 16.7. The Kier molecular flexibility index (Phi) is 7.46. The van der Waals surface area contributed by atoms with Gasteiger partial charge in [0.15, 0.2) is 6.61 Å². The van der Waals surface area contributed by atoms with Crippen LogP contribution in [0.3, 0.4) is 0 Å². The van der Waals surface area contributed by atoms with Gasteiger partial charge in [-0.25, -0.2) is 0 Å². The number of carbonyl (C=O) groups is 2. The highest BCUT2D eigenvalue weighted by molar-refractivity contribution is 6.30. The van der Waals surface area contributed by atoms with Crippen LogP contribution in [0.5, 0.6) is 5.75 Å². The second-order valence-corrected chi connectivity index (χ2v) is 7.22.